The molecule has 0 unspecified atom stereocenters. The zero-order valence-electron chi connectivity index (χ0n) is 16.2. The van der Waals surface area contributed by atoms with Crippen molar-refractivity contribution in [2.45, 2.75) is 20.3 Å². The average Bonchev–Trinajstić information content (AvgIpc) is 3.26. The Bertz CT molecular complexity index is 1220. The summed E-state index contributed by atoms with van der Waals surface area (Å²) >= 11 is 13.4. The number of anilines is 1. The minimum Gasteiger partial charge on any atom is -0.296 e. The molecule has 0 aliphatic heterocycles. The molecule has 152 valence electrons. The van der Waals surface area contributed by atoms with E-state index in [2.05, 4.69) is 20.6 Å². The summed E-state index contributed by atoms with van der Waals surface area (Å²) in [6.45, 7) is 3.72. The van der Waals surface area contributed by atoms with Crippen molar-refractivity contribution in [2.24, 2.45) is 0 Å². The van der Waals surface area contributed by atoms with Crippen molar-refractivity contribution in [1.29, 1.82) is 0 Å². The van der Waals surface area contributed by atoms with Crippen LogP contribution in [0, 0.1) is 13.8 Å². The maximum atomic E-state index is 12.8. The normalized spacial score (nSPS) is 10.9. The quantitative estimate of drug-likeness (QED) is 0.429. The zero-order valence-corrected chi connectivity index (χ0v) is 18.5. The van der Waals surface area contributed by atoms with Crippen LogP contribution in [0.3, 0.4) is 0 Å². The minimum absolute atomic E-state index is 0.238. The first kappa shape index (κ1) is 20.5. The minimum atomic E-state index is -0.354. The number of halogens is 2. The van der Waals surface area contributed by atoms with Crippen LogP contribution in [0.4, 0.5) is 5.13 Å². The summed E-state index contributed by atoms with van der Waals surface area (Å²) in [6.07, 6.45) is 0.723. The highest BCUT2D eigenvalue weighted by atomic mass is 35.5. The number of carbonyl (C=O) groups is 1. The Balaban J connectivity index is 1.51. The second-order valence-electron chi connectivity index (χ2n) is 6.70. The van der Waals surface area contributed by atoms with Crippen molar-refractivity contribution < 1.29 is 4.79 Å². The van der Waals surface area contributed by atoms with Crippen molar-refractivity contribution in [2.75, 3.05) is 5.32 Å². The Kier molecular flexibility index (Phi) is 5.85. The van der Waals surface area contributed by atoms with Crippen LogP contribution in [0.1, 0.15) is 32.3 Å². The molecular formula is C21H17Cl2N5OS. The number of hydrogen-bond donors (Lipinski definition) is 1. The number of aryl methyl sites for hydroxylation is 1. The second kappa shape index (κ2) is 8.55. The topological polar surface area (TPSA) is 72.7 Å². The Hall–Kier alpha value is -2.74. The van der Waals surface area contributed by atoms with Crippen LogP contribution in [0.5, 0.6) is 0 Å². The van der Waals surface area contributed by atoms with Gasteiger partial charge in [-0.15, -0.1) is 16.4 Å². The Morgan fingerprint density at radius 2 is 1.87 bits per heavy atom. The van der Waals surface area contributed by atoms with E-state index in [1.807, 2.05) is 43.3 Å². The summed E-state index contributed by atoms with van der Waals surface area (Å²) in [7, 11) is 0. The fourth-order valence-corrected chi connectivity index (χ4v) is 4.28. The second-order valence-corrected chi connectivity index (χ2v) is 8.66. The number of benzene rings is 2. The van der Waals surface area contributed by atoms with E-state index < -0.39 is 0 Å². The molecular weight excluding hydrogens is 441 g/mol. The summed E-state index contributed by atoms with van der Waals surface area (Å²) < 4.78 is 1.58. The average molecular weight is 458 g/mol. The van der Waals surface area contributed by atoms with Crippen LogP contribution < -0.4 is 5.32 Å². The maximum Gasteiger partial charge on any atom is 0.279 e. The lowest BCUT2D eigenvalue weighted by Gasteiger charge is -2.04. The van der Waals surface area contributed by atoms with Gasteiger partial charge in [-0.25, -0.2) is 9.67 Å². The predicted molar refractivity (Wildman–Crippen MR) is 120 cm³/mol. The zero-order chi connectivity index (χ0) is 21.3. The van der Waals surface area contributed by atoms with E-state index in [9.17, 15) is 4.79 Å². The van der Waals surface area contributed by atoms with Crippen molar-refractivity contribution in [3.63, 3.8) is 0 Å². The fourth-order valence-electron chi connectivity index (χ4n) is 2.98. The third kappa shape index (κ3) is 4.38. The van der Waals surface area contributed by atoms with Crippen LogP contribution in [-0.2, 0) is 6.42 Å². The molecule has 1 amide bonds. The van der Waals surface area contributed by atoms with Crippen LogP contribution >= 0.6 is 34.5 Å². The Morgan fingerprint density at radius 1 is 1.10 bits per heavy atom. The van der Waals surface area contributed by atoms with Crippen molar-refractivity contribution in [3.05, 3.63) is 86.1 Å². The van der Waals surface area contributed by atoms with Crippen LogP contribution in [0.15, 0.2) is 48.5 Å². The number of nitrogens with zero attached hydrogens (tertiary/aromatic N) is 4. The molecule has 2 aromatic heterocycles. The number of rotatable bonds is 5. The molecule has 30 heavy (non-hydrogen) atoms. The molecule has 0 saturated carbocycles. The third-order valence-corrected chi connectivity index (χ3v) is 6.11. The van der Waals surface area contributed by atoms with Crippen LogP contribution in [0.2, 0.25) is 10.0 Å². The molecule has 4 aromatic rings. The predicted octanol–water partition coefficient (Wildman–Crippen LogP) is 5.49. The van der Waals surface area contributed by atoms with Gasteiger partial charge in [0.15, 0.2) is 10.8 Å². The summed E-state index contributed by atoms with van der Waals surface area (Å²) in [5.74, 6) is -0.354. The highest BCUT2D eigenvalue weighted by Gasteiger charge is 2.19. The Labute approximate surface area is 187 Å². The third-order valence-electron chi connectivity index (χ3n) is 4.55. The number of carbonyl (C=O) groups excluding carboxylic acids is 1. The highest BCUT2D eigenvalue weighted by molar-refractivity contribution is 7.15. The first-order valence-corrected chi connectivity index (χ1v) is 10.7. The van der Waals surface area contributed by atoms with Crippen molar-refractivity contribution >= 4 is 45.6 Å². The summed E-state index contributed by atoms with van der Waals surface area (Å²) in [6, 6.07) is 14.9. The highest BCUT2D eigenvalue weighted by Crippen LogP contribution is 2.26. The van der Waals surface area contributed by atoms with E-state index in [-0.39, 0.29) is 11.6 Å². The van der Waals surface area contributed by atoms with Gasteiger partial charge in [0.1, 0.15) is 0 Å². The summed E-state index contributed by atoms with van der Waals surface area (Å²) in [5.41, 5.74) is 3.60. The Morgan fingerprint density at radius 3 is 2.60 bits per heavy atom. The molecule has 6 nitrogen and oxygen atoms in total. The lowest BCUT2D eigenvalue weighted by molar-refractivity contribution is 0.102. The largest absolute Gasteiger partial charge is 0.296 e. The number of amides is 1. The van der Waals surface area contributed by atoms with Crippen molar-refractivity contribution in [3.8, 4) is 5.69 Å². The fraction of sp³-hybridized carbons (Fsp3) is 0.143. The molecule has 0 atom stereocenters. The molecule has 1 N–H and O–H groups in total. The van der Waals surface area contributed by atoms with Gasteiger partial charge in [-0.1, -0.05) is 46.6 Å². The molecule has 0 bridgehead atoms. The number of hydrogen-bond acceptors (Lipinski definition) is 5. The lowest BCUT2D eigenvalue weighted by Crippen LogP contribution is -2.14. The van der Waals surface area contributed by atoms with E-state index in [1.54, 1.807) is 23.7 Å². The van der Waals surface area contributed by atoms with Gasteiger partial charge in [0, 0.05) is 21.3 Å². The molecule has 0 aliphatic carbocycles. The molecule has 2 heterocycles. The molecule has 9 heteroatoms. The van der Waals surface area contributed by atoms with Gasteiger partial charge < -0.3 is 0 Å². The first-order valence-electron chi connectivity index (χ1n) is 9.11. The van der Waals surface area contributed by atoms with E-state index in [0.29, 0.717) is 20.9 Å². The maximum absolute atomic E-state index is 12.8. The standard InChI is InChI=1S/C21H17Cl2N5OS/c1-12-18(10-14-6-8-15(22)9-7-14)30-21(24-12)25-20(29)19-13(2)28(27-26-19)17-5-3-4-16(23)11-17/h3-9,11H,10H2,1-2H3,(H,24,25,29). The molecule has 0 aliphatic rings. The van der Waals surface area contributed by atoms with Crippen LogP contribution in [0.25, 0.3) is 5.69 Å². The number of aromatic nitrogens is 4. The SMILES string of the molecule is Cc1nc(NC(=O)c2nnn(-c3cccc(Cl)c3)c2C)sc1Cc1ccc(Cl)cc1. The molecule has 0 spiro atoms. The van der Waals surface area contributed by atoms with E-state index in [4.69, 9.17) is 23.2 Å². The molecule has 0 radical (unpaired) electrons. The van der Waals surface area contributed by atoms with Gasteiger partial charge in [0.2, 0.25) is 0 Å². The smallest absolute Gasteiger partial charge is 0.279 e. The van der Waals surface area contributed by atoms with Gasteiger partial charge in [0.05, 0.1) is 17.1 Å². The first-order chi connectivity index (χ1) is 14.4. The lowest BCUT2D eigenvalue weighted by atomic mass is 10.1. The molecule has 0 fully saturated rings. The van der Waals surface area contributed by atoms with Gasteiger partial charge in [0.25, 0.3) is 5.91 Å². The van der Waals surface area contributed by atoms with E-state index in [0.717, 1.165) is 28.2 Å². The van der Waals surface area contributed by atoms with Gasteiger partial charge in [-0.2, -0.15) is 0 Å². The monoisotopic (exact) mass is 457 g/mol. The van der Waals surface area contributed by atoms with Gasteiger partial charge in [-0.3, -0.25) is 10.1 Å². The van der Waals surface area contributed by atoms with Gasteiger partial charge in [-0.05, 0) is 49.7 Å². The number of thiazole rings is 1. The number of nitrogens with one attached hydrogen (secondary N) is 1. The van der Waals surface area contributed by atoms with E-state index in [1.165, 1.54) is 11.3 Å². The van der Waals surface area contributed by atoms with E-state index >= 15 is 0 Å². The molecule has 0 saturated heterocycles. The summed E-state index contributed by atoms with van der Waals surface area (Å²) in [5, 5.41) is 12.8. The van der Waals surface area contributed by atoms with Gasteiger partial charge >= 0.3 is 0 Å². The van der Waals surface area contributed by atoms with Crippen LogP contribution in [-0.4, -0.2) is 25.9 Å². The molecule has 4 rings (SSSR count). The van der Waals surface area contributed by atoms with Crippen molar-refractivity contribution in [1.82, 2.24) is 20.0 Å². The molecule has 2 aromatic carbocycles. The summed E-state index contributed by atoms with van der Waals surface area (Å²) in [4.78, 5) is 18.3.